The summed E-state index contributed by atoms with van der Waals surface area (Å²) in [5.41, 5.74) is 5.82. The molecule has 1 aromatic carbocycles. The van der Waals surface area contributed by atoms with Crippen LogP contribution < -0.4 is 15.2 Å². The van der Waals surface area contributed by atoms with Gasteiger partial charge >= 0.3 is 6.09 Å². The summed E-state index contributed by atoms with van der Waals surface area (Å²) < 4.78 is 16.6. The summed E-state index contributed by atoms with van der Waals surface area (Å²) in [6.45, 7) is 4.93. The minimum atomic E-state index is -1.82. The lowest BCUT2D eigenvalue weighted by Gasteiger charge is -2.45. The predicted octanol–water partition coefficient (Wildman–Crippen LogP) is 3.76. The Hall–Kier alpha value is -4.16. The molecule has 3 rings (SSSR count). The molecule has 0 spiro atoms. The second kappa shape index (κ2) is 10.8. The first-order valence-corrected chi connectivity index (χ1v) is 11.6. The van der Waals surface area contributed by atoms with E-state index in [9.17, 15) is 20.6 Å². The molecule has 0 bridgehead atoms. The molecule has 0 radical (unpaired) electrons. The zero-order valence-electron chi connectivity index (χ0n) is 20.2. The average Bonchev–Trinajstić information content (AvgIpc) is 2.88. The van der Waals surface area contributed by atoms with Crippen LogP contribution in [0.5, 0.6) is 11.5 Å². The first kappa shape index (κ1) is 25.5. The molecule has 1 heterocycles. The van der Waals surface area contributed by atoms with E-state index >= 15 is 0 Å². The molecule has 182 valence electrons. The van der Waals surface area contributed by atoms with Gasteiger partial charge in [-0.3, -0.25) is 0 Å². The van der Waals surface area contributed by atoms with Crippen LogP contribution in [-0.4, -0.2) is 44.4 Å². The van der Waals surface area contributed by atoms with Gasteiger partial charge in [0.1, 0.15) is 6.07 Å². The molecule has 0 aromatic heterocycles. The van der Waals surface area contributed by atoms with Crippen LogP contribution in [-0.2, 0) is 4.74 Å². The van der Waals surface area contributed by atoms with Gasteiger partial charge < -0.3 is 24.8 Å². The molecule has 0 saturated carbocycles. The molecule has 2 atom stereocenters. The van der Waals surface area contributed by atoms with Crippen molar-refractivity contribution in [3.8, 4) is 29.7 Å². The summed E-state index contributed by atoms with van der Waals surface area (Å²) in [7, 11) is 1.52. The molecule has 0 saturated heterocycles. The summed E-state index contributed by atoms with van der Waals surface area (Å²) in [5.74, 6) is -0.294. The number of nitrogens with two attached hydrogens (primary N) is 1. The lowest BCUT2D eigenvalue weighted by molar-refractivity contribution is 0.0999. The number of nitriles is 3. The van der Waals surface area contributed by atoms with E-state index in [-0.39, 0.29) is 31.0 Å². The summed E-state index contributed by atoms with van der Waals surface area (Å²) in [6.07, 6.45) is 3.12. The van der Waals surface area contributed by atoms with E-state index in [1.165, 1.54) is 12.0 Å². The van der Waals surface area contributed by atoms with Crippen molar-refractivity contribution in [2.24, 2.45) is 17.1 Å². The Morgan fingerprint density at radius 2 is 1.97 bits per heavy atom. The van der Waals surface area contributed by atoms with Gasteiger partial charge in [-0.15, -0.1) is 0 Å². The van der Waals surface area contributed by atoms with Crippen molar-refractivity contribution in [3.63, 3.8) is 0 Å². The summed E-state index contributed by atoms with van der Waals surface area (Å²) in [4.78, 5) is 14.0. The Kier molecular flexibility index (Phi) is 7.89. The van der Waals surface area contributed by atoms with E-state index in [1.807, 2.05) is 0 Å². The van der Waals surface area contributed by atoms with Crippen LogP contribution >= 0.6 is 0 Å². The molecule has 0 fully saturated rings. The zero-order valence-corrected chi connectivity index (χ0v) is 20.2. The predicted molar refractivity (Wildman–Crippen MR) is 127 cm³/mol. The van der Waals surface area contributed by atoms with Gasteiger partial charge in [0.15, 0.2) is 16.9 Å². The Labute approximate surface area is 205 Å². The number of benzene rings is 1. The number of carbonyl (C=O) groups is 1. The SMILES string of the molecule is CCCCOc1ccc([C@@H]2[C@H]3CN(C(=O)OCC)CC=C3C(C#N)=C(N)C2(C#N)C#N)cc1OC. The number of rotatable bonds is 7. The van der Waals surface area contributed by atoms with Crippen LogP contribution in [0.15, 0.2) is 41.1 Å². The van der Waals surface area contributed by atoms with Crippen LogP contribution in [0.4, 0.5) is 4.79 Å². The molecule has 1 aliphatic heterocycles. The fourth-order valence-corrected chi connectivity index (χ4v) is 4.74. The summed E-state index contributed by atoms with van der Waals surface area (Å²) >= 11 is 0. The van der Waals surface area contributed by atoms with Gasteiger partial charge in [0, 0.05) is 24.9 Å². The standard InChI is InChI=1S/C26H29N5O4/c1-4-6-11-35-21-8-7-17(12-22(21)33-3)23-20-14-31(25(32)34-5-2)10-9-18(20)19(13-27)24(30)26(23,15-28)16-29/h7-9,12,20,23H,4-6,10-11,14,30H2,1-3H3/t20-,23+/m0/s1. The third kappa shape index (κ3) is 4.48. The summed E-state index contributed by atoms with van der Waals surface area (Å²) in [6, 6.07) is 11.5. The molecule has 9 nitrogen and oxygen atoms in total. The highest BCUT2D eigenvalue weighted by Gasteiger charge is 2.55. The Balaban J connectivity index is 2.18. The smallest absolute Gasteiger partial charge is 0.410 e. The minimum Gasteiger partial charge on any atom is -0.493 e. The second-order valence-corrected chi connectivity index (χ2v) is 8.39. The highest BCUT2D eigenvalue weighted by Crippen LogP contribution is 2.54. The molecule has 1 aromatic rings. The number of unbranched alkanes of at least 4 members (excludes halogenated alkanes) is 1. The first-order valence-electron chi connectivity index (χ1n) is 11.6. The van der Waals surface area contributed by atoms with Crippen molar-refractivity contribution in [1.29, 1.82) is 15.8 Å². The number of carbonyl (C=O) groups excluding carboxylic acids is 1. The molecule has 2 N–H and O–H groups in total. The molecule has 1 aliphatic carbocycles. The second-order valence-electron chi connectivity index (χ2n) is 8.39. The van der Waals surface area contributed by atoms with E-state index in [4.69, 9.17) is 19.9 Å². The number of amides is 1. The van der Waals surface area contributed by atoms with Gasteiger partial charge in [0.25, 0.3) is 0 Å². The number of hydrogen-bond donors (Lipinski definition) is 1. The third-order valence-electron chi connectivity index (χ3n) is 6.49. The molecule has 1 amide bonds. The lowest BCUT2D eigenvalue weighted by atomic mass is 9.58. The van der Waals surface area contributed by atoms with Gasteiger partial charge in [-0.25, -0.2) is 4.79 Å². The third-order valence-corrected chi connectivity index (χ3v) is 6.49. The van der Waals surface area contributed by atoms with Crippen molar-refractivity contribution in [3.05, 3.63) is 46.7 Å². The topological polar surface area (TPSA) is 145 Å². The van der Waals surface area contributed by atoms with E-state index in [0.717, 1.165) is 12.8 Å². The summed E-state index contributed by atoms with van der Waals surface area (Å²) in [5, 5.41) is 30.4. The maximum atomic E-state index is 12.5. The quantitative estimate of drug-likeness (QED) is 0.587. The van der Waals surface area contributed by atoms with E-state index in [0.29, 0.717) is 29.2 Å². The van der Waals surface area contributed by atoms with Gasteiger partial charge in [-0.1, -0.05) is 25.5 Å². The van der Waals surface area contributed by atoms with Crippen LogP contribution in [0.2, 0.25) is 0 Å². The number of nitrogens with zero attached hydrogens (tertiary/aromatic N) is 4. The number of fused-ring (bicyclic) bond motifs is 1. The average molecular weight is 476 g/mol. The maximum Gasteiger partial charge on any atom is 0.410 e. The van der Waals surface area contributed by atoms with Crippen LogP contribution in [0.1, 0.15) is 38.2 Å². The highest BCUT2D eigenvalue weighted by molar-refractivity contribution is 5.69. The number of ether oxygens (including phenoxy) is 3. The number of hydrogen-bond acceptors (Lipinski definition) is 8. The van der Waals surface area contributed by atoms with Crippen molar-refractivity contribution in [2.45, 2.75) is 32.6 Å². The fourth-order valence-electron chi connectivity index (χ4n) is 4.74. The van der Waals surface area contributed by atoms with E-state index in [2.05, 4.69) is 25.1 Å². The van der Waals surface area contributed by atoms with E-state index in [1.54, 1.807) is 31.2 Å². The highest BCUT2D eigenvalue weighted by atomic mass is 16.6. The monoisotopic (exact) mass is 475 g/mol. The number of methoxy groups -OCH3 is 1. The van der Waals surface area contributed by atoms with Crippen LogP contribution in [0.25, 0.3) is 0 Å². The number of allylic oxidation sites excluding steroid dienone is 2. The minimum absolute atomic E-state index is 0.0793. The molecule has 0 unspecified atom stereocenters. The Bertz CT molecular complexity index is 1150. The van der Waals surface area contributed by atoms with Gasteiger partial charge in [-0.2, -0.15) is 15.8 Å². The van der Waals surface area contributed by atoms with Crippen LogP contribution in [0, 0.1) is 45.3 Å². The van der Waals surface area contributed by atoms with Crippen LogP contribution in [0.3, 0.4) is 0 Å². The van der Waals surface area contributed by atoms with Crippen molar-refractivity contribution in [1.82, 2.24) is 4.90 Å². The normalized spacial score (nSPS) is 20.5. The Morgan fingerprint density at radius 1 is 1.23 bits per heavy atom. The lowest BCUT2D eigenvalue weighted by Crippen LogP contribution is -2.49. The van der Waals surface area contributed by atoms with Gasteiger partial charge in [0.05, 0.1) is 43.7 Å². The maximum absolute atomic E-state index is 12.5. The zero-order chi connectivity index (χ0) is 25.6. The first-order chi connectivity index (χ1) is 16.9. The van der Waals surface area contributed by atoms with Gasteiger partial charge in [0.2, 0.25) is 0 Å². The fraction of sp³-hybridized carbons (Fsp3) is 0.462. The molecule has 2 aliphatic rings. The Morgan fingerprint density at radius 3 is 2.57 bits per heavy atom. The van der Waals surface area contributed by atoms with E-state index < -0.39 is 23.3 Å². The van der Waals surface area contributed by atoms with Gasteiger partial charge in [-0.05, 0) is 36.6 Å². The van der Waals surface area contributed by atoms with Crippen molar-refractivity contribution < 1.29 is 19.0 Å². The molecule has 9 heteroatoms. The largest absolute Gasteiger partial charge is 0.493 e. The molecular weight excluding hydrogens is 446 g/mol. The molecule has 35 heavy (non-hydrogen) atoms. The molecular formula is C26H29N5O4. The van der Waals surface area contributed by atoms with Crippen molar-refractivity contribution in [2.75, 3.05) is 33.4 Å². The van der Waals surface area contributed by atoms with Crippen molar-refractivity contribution >= 4 is 6.09 Å².